The second kappa shape index (κ2) is 6.47. The van der Waals surface area contributed by atoms with Gasteiger partial charge in [0.05, 0.1) is 10.8 Å². The summed E-state index contributed by atoms with van der Waals surface area (Å²) in [4.78, 5) is 23.5. The Bertz CT molecular complexity index is 696. The smallest absolute Gasteiger partial charge is 0.293 e. The maximum Gasteiger partial charge on any atom is 0.343 e. The van der Waals surface area contributed by atoms with Crippen LogP contribution in [0.3, 0.4) is 0 Å². The van der Waals surface area contributed by atoms with E-state index in [1.54, 1.807) is 12.1 Å². The van der Waals surface area contributed by atoms with Crippen LogP contribution in [-0.2, 0) is 6.54 Å². The first-order valence-corrected chi connectivity index (χ1v) is 7.53. The van der Waals surface area contributed by atoms with Crippen LogP contribution in [0.2, 0.25) is 10.0 Å². The molecule has 0 aliphatic heterocycles. The van der Waals surface area contributed by atoms with E-state index in [0.717, 1.165) is 0 Å². The summed E-state index contributed by atoms with van der Waals surface area (Å²) in [7, 11) is 0. The molecule has 0 amide bonds. The predicted octanol–water partition coefficient (Wildman–Crippen LogP) is 2.87. The van der Waals surface area contributed by atoms with Crippen molar-refractivity contribution in [1.82, 2.24) is 14.8 Å². The third-order valence-electron chi connectivity index (χ3n) is 2.60. The molecule has 0 unspecified atom stereocenters. The third-order valence-corrected chi connectivity index (χ3v) is 4.13. The topological polar surface area (TPSA) is 67.8 Å². The Morgan fingerprint density at radius 1 is 1.45 bits per heavy atom. The van der Waals surface area contributed by atoms with Gasteiger partial charge < -0.3 is 0 Å². The lowest BCUT2D eigenvalue weighted by Gasteiger charge is -2.04. The molecule has 1 aromatic carbocycles. The van der Waals surface area contributed by atoms with E-state index in [0.29, 0.717) is 27.3 Å². The van der Waals surface area contributed by atoms with Gasteiger partial charge in [-0.1, -0.05) is 35.0 Å². The standard InChI is InChI=1S/C12H11Cl2N3O2S/c1-2-17-11(19)15-16-12(17)20-6-10(18)8-4-3-7(13)5-9(8)14/h3-5H,2,6H2,1H3,(H,15,19). The van der Waals surface area contributed by atoms with Crippen molar-refractivity contribution in [2.45, 2.75) is 18.6 Å². The Hall–Kier alpha value is -1.24. The molecule has 0 fully saturated rings. The summed E-state index contributed by atoms with van der Waals surface area (Å²) >= 11 is 12.9. The Labute approximate surface area is 129 Å². The number of rotatable bonds is 5. The van der Waals surface area contributed by atoms with Gasteiger partial charge in [-0.05, 0) is 25.1 Å². The van der Waals surface area contributed by atoms with E-state index in [2.05, 4.69) is 10.2 Å². The van der Waals surface area contributed by atoms with Gasteiger partial charge in [-0.2, -0.15) is 0 Å². The summed E-state index contributed by atoms with van der Waals surface area (Å²) in [5.41, 5.74) is 0.122. The lowest BCUT2D eigenvalue weighted by molar-refractivity contribution is 0.102. The first-order valence-electron chi connectivity index (χ1n) is 5.79. The van der Waals surface area contributed by atoms with Crippen LogP contribution < -0.4 is 5.69 Å². The van der Waals surface area contributed by atoms with E-state index in [1.807, 2.05) is 6.92 Å². The van der Waals surface area contributed by atoms with Crippen molar-refractivity contribution in [3.63, 3.8) is 0 Å². The quantitative estimate of drug-likeness (QED) is 0.675. The summed E-state index contributed by atoms with van der Waals surface area (Å²) in [5, 5.41) is 7.50. The fraction of sp³-hybridized carbons (Fsp3) is 0.250. The van der Waals surface area contributed by atoms with Gasteiger partial charge >= 0.3 is 5.69 Å². The first-order chi connectivity index (χ1) is 9.52. The minimum absolute atomic E-state index is 0.144. The third kappa shape index (κ3) is 3.26. The highest BCUT2D eigenvalue weighted by atomic mass is 35.5. The van der Waals surface area contributed by atoms with Crippen LogP contribution in [0.4, 0.5) is 0 Å². The van der Waals surface area contributed by atoms with Crippen molar-refractivity contribution < 1.29 is 4.79 Å². The molecule has 0 aliphatic rings. The molecule has 1 N–H and O–H groups in total. The molecular formula is C12H11Cl2N3O2S. The number of hydrogen-bond acceptors (Lipinski definition) is 4. The molecule has 2 aromatic rings. The minimum Gasteiger partial charge on any atom is -0.293 e. The number of H-pyrrole nitrogens is 1. The average Bonchev–Trinajstić information content (AvgIpc) is 2.76. The van der Waals surface area contributed by atoms with Gasteiger partial charge in [0.15, 0.2) is 10.9 Å². The number of carbonyl (C=O) groups is 1. The summed E-state index contributed by atoms with van der Waals surface area (Å²) in [5.74, 6) is 0.000757. The Balaban J connectivity index is 2.10. The summed E-state index contributed by atoms with van der Waals surface area (Å²) in [6.45, 7) is 2.33. The monoisotopic (exact) mass is 331 g/mol. The van der Waals surface area contributed by atoms with Gasteiger partial charge in [-0.25, -0.2) is 9.89 Å². The van der Waals surface area contributed by atoms with Crippen molar-refractivity contribution >= 4 is 40.7 Å². The zero-order valence-corrected chi connectivity index (χ0v) is 12.8. The van der Waals surface area contributed by atoms with Crippen molar-refractivity contribution in [3.8, 4) is 0 Å². The molecule has 106 valence electrons. The van der Waals surface area contributed by atoms with E-state index < -0.39 is 0 Å². The van der Waals surface area contributed by atoms with Gasteiger partial charge in [-0.15, -0.1) is 5.10 Å². The average molecular weight is 332 g/mol. The second-order valence-corrected chi connectivity index (χ2v) is 5.68. The molecule has 1 heterocycles. The predicted molar refractivity (Wildman–Crippen MR) is 80.0 cm³/mol. The molecule has 0 saturated carbocycles. The van der Waals surface area contributed by atoms with Crippen LogP contribution in [0.15, 0.2) is 28.2 Å². The number of nitrogens with one attached hydrogen (secondary N) is 1. The van der Waals surface area contributed by atoms with E-state index >= 15 is 0 Å². The summed E-state index contributed by atoms with van der Waals surface area (Å²) in [6, 6.07) is 4.73. The van der Waals surface area contributed by atoms with E-state index in [9.17, 15) is 9.59 Å². The van der Waals surface area contributed by atoms with Gasteiger partial charge in [0.1, 0.15) is 0 Å². The Kier molecular flexibility index (Phi) is 4.91. The molecule has 5 nitrogen and oxygen atoms in total. The van der Waals surface area contributed by atoms with Crippen molar-refractivity contribution in [2.24, 2.45) is 0 Å². The van der Waals surface area contributed by atoms with Crippen LogP contribution in [0, 0.1) is 0 Å². The lowest BCUT2D eigenvalue weighted by Crippen LogP contribution is -2.16. The Morgan fingerprint density at radius 3 is 2.85 bits per heavy atom. The molecule has 0 atom stereocenters. The number of carbonyl (C=O) groups excluding carboxylic acids is 1. The van der Waals surface area contributed by atoms with Gasteiger partial charge in [0.25, 0.3) is 0 Å². The van der Waals surface area contributed by atoms with Crippen LogP contribution in [-0.4, -0.2) is 26.3 Å². The van der Waals surface area contributed by atoms with Crippen LogP contribution in [0.1, 0.15) is 17.3 Å². The molecule has 20 heavy (non-hydrogen) atoms. The van der Waals surface area contributed by atoms with Crippen molar-refractivity contribution in [2.75, 3.05) is 5.75 Å². The number of aromatic amines is 1. The highest BCUT2D eigenvalue weighted by Gasteiger charge is 2.14. The van der Waals surface area contributed by atoms with Crippen LogP contribution in [0.25, 0.3) is 0 Å². The number of benzene rings is 1. The normalized spacial score (nSPS) is 10.8. The summed E-state index contributed by atoms with van der Waals surface area (Å²) < 4.78 is 1.46. The van der Waals surface area contributed by atoms with Crippen molar-refractivity contribution in [3.05, 3.63) is 44.3 Å². The molecule has 2 rings (SSSR count). The number of Topliss-reactive ketones (excluding diaryl/α,β-unsaturated/α-hetero) is 1. The highest BCUT2D eigenvalue weighted by molar-refractivity contribution is 7.99. The number of hydrogen-bond donors (Lipinski definition) is 1. The van der Waals surface area contributed by atoms with Crippen molar-refractivity contribution in [1.29, 1.82) is 0 Å². The van der Waals surface area contributed by atoms with Crippen LogP contribution in [0.5, 0.6) is 0 Å². The van der Waals surface area contributed by atoms with E-state index in [1.165, 1.54) is 22.4 Å². The zero-order chi connectivity index (χ0) is 14.7. The largest absolute Gasteiger partial charge is 0.343 e. The van der Waals surface area contributed by atoms with E-state index in [-0.39, 0.29) is 17.2 Å². The maximum absolute atomic E-state index is 12.1. The maximum atomic E-state index is 12.1. The molecule has 1 aromatic heterocycles. The number of halogens is 2. The van der Waals surface area contributed by atoms with Gasteiger partial charge in [-0.3, -0.25) is 9.36 Å². The number of thioether (sulfide) groups is 1. The fourth-order valence-electron chi connectivity index (χ4n) is 1.62. The molecule has 0 spiro atoms. The van der Waals surface area contributed by atoms with Crippen LogP contribution >= 0.6 is 35.0 Å². The highest BCUT2D eigenvalue weighted by Crippen LogP contribution is 2.23. The zero-order valence-electron chi connectivity index (χ0n) is 10.5. The molecule has 8 heteroatoms. The second-order valence-electron chi connectivity index (χ2n) is 3.89. The first kappa shape index (κ1) is 15.2. The number of aromatic nitrogens is 3. The fourth-order valence-corrected chi connectivity index (χ4v) is 3.02. The molecule has 0 bridgehead atoms. The SMILES string of the molecule is CCn1c(SCC(=O)c2ccc(Cl)cc2Cl)n[nH]c1=O. The van der Waals surface area contributed by atoms with Gasteiger partial charge in [0.2, 0.25) is 0 Å². The molecule has 0 radical (unpaired) electrons. The lowest BCUT2D eigenvalue weighted by atomic mass is 10.1. The number of ketones is 1. The number of nitrogens with zero attached hydrogens (tertiary/aromatic N) is 2. The Morgan fingerprint density at radius 2 is 2.20 bits per heavy atom. The summed E-state index contributed by atoms with van der Waals surface area (Å²) in [6.07, 6.45) is 0. The van der Waals surface area contributed by atoms with Gasteiger partial charge in [0, 0.05) is 17.1 Å². The van der Waals surface area contributed by atoms with E-state index in [4.69, 9.17) is 23.2 Å². The minimum atomic E-state index is -0.285. The molecular weight excluding hydrogens is 321 g/mol. The molecule has 0 saturated heterocycles. The molecule has 0 aliphatic carbocycles.